The van der Waals surface area contributed by atoms with E-state index in [2.05, 4.69) is 67.4 Å². The second-order valence-corrected chi connectivity index (χ2v) is 8.28. The van der Waals surface area contributed by atoms with Crippen molar-refractivity contribution >= 4 is 6.09 Å². The number of rotatable bonds is 5. The van der Waals surface area contributed by atoms with Crippen LogP contribution in [-0.2, 0) is 11.2 Å². The summed E-state index contributed by atoms with van der Waals surface area (Å²) < 4.78 is 5.53. The molecule has 0 atom stereocenters. The van der Waals surface area contributed by atoms with Gasteiger partial charge in [0.2, 0.25) is 0 Å². The quantitative estimate of drug-likeness (QED) is 0.543. The number of nitrogens with one attached hydrogen (secondary N) is 1. The SMILES string of the molecule is CC(C)Cc1ccc(C#CCNC(=O)OCC2c3ccccc3-c3ccccc32)cc1. The Hall–Kier alpha value is -3.51. The molecule has 3 nitrogen and oxygen atoms in total. The van der Waals surface area contributed by atoms with Gasteiger partial charge < -0.3 is 10.1 Å². The molecule has 0 bridgehead atoms. The van der Waals surface area contributed by atoms with Gasteiger partial charge in [0.05, 0.1) is 6.54 Å². The molecule has 0 fully saturated rings. The van der Waals surface area contributed by atoms with E-state index in [0.717, 1.165) is 12.0 Å². The third-order valence-corrected chi connectivity index (χ3v) is 5.50. The second kappa shape index (κ2) is 9.53. The van der Waals surface area contributed by atoms with Crippen molar-refractivity contribution in [2.24, 2.45) is 5.92 Å². The topological polar surface area (TPSA) is 38.3 Å². The molecular formula is C28H27NO2. The van der Waals surface area contributed by atoms with Crippen molar-refractivity contribution < 1.29 is 9.53 Å². The first kappa shape index (κ1) is 20.8. The standard InChI is InChI=1S/C28H27NO2/c1-20(2)18-22-15-13-21(14-16-22)8-7-17-29-28(30)31-19-27-25-11-5-3-9-23(25)24-10-4-6-12-26(24)27/h3-6,9-16,20,27H,17-19H2,1-2H3,(H,29,30). The molecule has 1 N–H and O–H groups in total. The minimum absolute atomic E-state index is 0.0635. The van der Waals surface area contributed by atoms with Crippen molar-refractivity contribution in [1.82, 2.24) is 5.32 Å². The minimum atomic E-state index is -0.441. The monoisotopic (exact) mass is 409 g/mol. The maximum atomic E-state index is 12.2. The fraction of sp³-hybridized carbons (Fsp3) is 0.250. The summed E-state index contributed by atoms with van der Waals surface area (Å²) in [6.07, 6.45) is 0.625. The van der Waals surface area contributed by atoms with Crippen molar-refractivity contribution in [2.45, 2.75) is 26.2 Å². The molecule has 0 radical (unpaired) electrons. The Morgan fingerprint density at radius 3 is 2.16 bits per heavy atom. The van der Waals surface area contributed by atoms with Crippen LogP contribution in [0.5, 0.6) is 0 Å². The van der Waals surface area contributed by atoms with E-state index >= 15 is 0 Å². The number of hydrogen-bond acceptors (Lipinski definition) is 2. The maximum absolute atomic E-state index is 12.2. The summed E-state index contributed by atoms with van der Waals surface area (Å²) in [6.45, 7) is 4.99. The zero-order valence-electron chi connectivity index (χ0n) is 18.0. The molecule has 3 aromatic carbocycles. The van der Waals surface area contributed by atoms with Gasteiger partial charge in [-0.3, -0.25) is 0 Å². The highest BCUT2D eigenvalue weighted by atomic mass is 16.5. The summed E-state index contributed by atoms with van der Waals surface area (Å²) in [7, 11) is 0. The van der Waals surface area contributed by atoms with E-state index in [1.165, 1.54) is 27.8 Å². The Kier molecular flexibility index (Phi) is 6.38. The lowest BCUT2D eigenvalue weighted by molar-refractivity contribution is 0.144. The average molecular weight is 410 g/mol. The van der Waals surface area contributed by atoms with Crippen LogP contribution in [0.2, 0.25) is 0 Å². The van der Waals surface area contributed by atoms with Crippen LogP contribution in [-0.4, -0.2) is 19.2 Å². The fourth-order valence-electron chi connectivity index (χ4n) is 4.11. The molecular weight excluding hydrogens is 382 g/mol. The number of amides is 1. The molecule has 0 spiro atoms. The summed E-state index contributed by atoms with van der Waals surface area (Å²) in [5.41, 5.74) is 7.11. The van der Waals surface area contributed by atoms with Gasteiger partial charge in [-0.05, 0) is 52.3 Å². The van der Waals surface area contributed by atoms with Crippen LogP contribution < -0.4 is 5.32 Å². The van der Waals surface area contributed by atoms with E-state index in [0.29, 0.717) is 12.5 Å². The van der Waals surface area contributed by atoms with Crippen LogP contribution in [0.25, 0.3) is 11.1 Å². The molecule has 1 amide bonds. The van der Waals surface area contributed by atoms with Gasteiger partial charge in [-0.25, -0.2) is 4.79 Å². The Morgan fingerprint density at radius 1 is 0.935 bits per heavy atom. The largest absolute Gasteiger partial charge is 0.449 e. The number of hydrogen-bond donors (Lipinski definition) is 1. The molecule has 1 aliphatic carbocycles. The molecule has 4 rings (SSSR count). The lowest BCUT2D eigenvalue weighted by Crippen LogP contribution is -2.26. The predicted octanol–water partition coefficient (Wildman–Crippen LogP) is 5.78. The van der Waals surface area contributed by atoms with Crippen molar-refractivity contribution in [2.75, 3.05) is 13.2 Å². The lowest BCUT2D eigenvalue weighted by Gasteiger charge is -2.14. The number of carbonyl (C=O) groups is 1. The number of benzene rings is 3. The second-order valence-electron chi connectivity index (χ2n) is 8.28. The Labute approximate surface area is 184 Å². The molecule has 1 aliphatic rings. The number of ether oxygens (including phenoxy) is 1. The van der Waals surface area contributed by atoms with Crippen LogP contribution in [0.4, 0.5) is 4.79 Å². The smallest absolute Gasteiger partial charge is 0.407 e. The van der Waals surface area contributed by atoms with Crippen LogP contribution in [0, 0.1) is 17.8 Å². The molecule has 3 aromatic rings. The molecule has 0 heterocycles. The minimum Gasteiger partial charge on any atom is -0.449 e. The van der Waals surface area contributed by atoms with E-state index in [-0.39, 0.29) is 12.5 Å². The summed E-state index contributed by atoms with van der Waals surface area (Å²) in [6, 6.07) is 24.9. The van der Waals surface area contributed by atoms with Gasteiger partial charge in [0.25, 0.3) is 0 Å². The van der Waals surface area contributed by atoms with Gasteiger partial charge in [-0.2, -0.15) is 0 Å². The molecule has 156 valence electrons. The van der Waals surface area contributed by atoms with Crippen molar-refractivity contribution in [1.29, 1.82) is 0 Å². The molecule has 0 aromatic heterocycles. The van der Waals surface area contributed by atoms with Crippen molar-refractivity contribution in [3.8, 4) is 23.0 Å². The number of alkyl carbamates (subject to hydrolysis) is 1. The van der Waals surface area contributed by atoms with E-state index in [1.54, 1.807) is 0 Å². The third-order valence-electron chi connectivity index (χ3n) is 5.50. The summed E-state index contributed by atoms with van der Waals surface area (Å²) in [5, 5.41) is 2.73. The molecule has 31 heavy (non-hydrogen) atoms. The number of carbonyl (C=O) groups excluding carboxylic acids is 1. The first-order valence-corrected chi connectivity index (χ1v) is 10.8. The molecule has 0 saturated carbocycles. The normalized spacial score (nSPS) is 12.0. The molecule has 0 saturated heterocycles. The van der Waals surface area contributed by atoms with Crippen molar-refractivity contribution in [3.05, 3.63) is 95.1 Å². The van der Waals surface area contributed by atoms with E-state index in [4.69, 9.17) is 4.74 Å². The van der Waals surface area contributed by atoms with Gasteiger partial charge in [0.15, 0.2) is 0 Å². The van der Waals surface area contributed by atoms with Crippen LogP contribution in [0.3, 0.4) is 0 Å². The molecule has 0 unspecified atom stereocenters. The Bertz CT molecular complexity index is 1070. The van der Waals surface area contributed by atoms with Crippen LogP contribution in [0.1, 0.15) is 42.0 Å². The van der Waals surface area contributed by atoms with E-state index < -0.39 is 6.09 Å². The van der Waals surface area contributed by atoms with E-state index in [9.17, 15) is 4.79 Å². The molecule has 3 heteroatoms. The van der Waals surface area contributed by atoms with Crippen LogP contribution in [0.15, 0.2) is 72.8 Å². The summed E-state index contributed by atoms with van der Waals surface area (Å²) in [4.78, 5) is 12.2. The summed E-state index contributed by atoms with van der Waals surface area (Å²) >= 11 is 0. The Balaban J connectivity index is 1.29. The average Bonchev–Trinajstić information content (AvgIpc) is 3.10. The maximum Gasteiger partial charge on any atom is 0.407 e. The summed E-state index contributed by atoms with van der Waals surface area (Å²) in [5.74, 6) is 6.77. The molecule has 0 aliphatic heterocycles. The highest BCUT2D eigenvalue weighted by molar-refractivity contribution is 5.79. The van der Waals surface area contributed by atoms with Gasteiger partial charge in [0.1, 0.15) is 6.61 Å². The first-order valence-electron chi connectivity index (χ1n) is 10.8. The third kappa shape index (κ3) is 4.98. The van der Waals surface area contributed by atoms with Gasteiger partial charge in [-0.15, -0.1) is 0 Å². The Morgan fingerprint density at radius 2 is 1.55 bits per heavy atom. The lowest BCUT2D eigenvalue weighted by atomic mass is 9.98. The highest BCUT2D eigenvalue weighted by Gasteiger charge is 2.28. The van der Waals surface area contributed by atoms with Gasteiger partial charge in [-0.1, -0.05) is 86.4 Å². The van der Waals surface area contributed by atoms with Gasteiger partial charge >= 0.3 is 6.09 Å². The van der Waals surface area contributed by atoms with E-state index in [1.807, 2.05) is 36.4 Å². The van der Waals surface area contributed by atoms with Crippen LogP contribution >= 0.6 is 0 Å². The zero-order chi connectivity index (χ0) is 21.6. The van der Waals surface area contributed by atoms with Gasteiger partial charge in [0, 0.05) is 11.5 Å². The number of fused-ring (bicyclic) bond motifs is 3. The van der Waals surface area contributed by atoms with Crippen molar-refractivity contribution in [3.63, 3.8) is 0 Å². The first-order chi connectivity index (χ1) is 15.1. The highest BCUT2D eigenvalue weighted by Crippen LogP contribution is 2.44. The zero-order valence-corrected chi connectivity index (χ0v) is 18.0. The fourth-order valence-corrected chi connectivity index (χ4v) is 4.11. The predicted molar refractivity (Wildman–Crippen MR) is 125 cm³/mol.